The van der Waals surface area contributed by atoms with Crippen molar-refractivity contribution >= 4 is 28.9 Å². The Labute approximate surface area is 152 Å². The molecule has 0 radical (unpaired) electrons. The molecule has 6 heteroatoms. The van der Waals surface area contributed by atoms with E-state index in [1.165, 1.54) is 0 Å². The SMILES string of the molecule is COc1cc(OC)cc(C(=O)Nc2cccc(Cl)c2N2CCCC2)c1. The monoisotopic (exact) mass is 360 g/mol. The van der Waals surface area contributed by atoms with Gasteiger partial charge in [-0.2, -0.15) is 0 Å². The maximum atomic E-state index is 12.7. The van der Waals surface area contributed by atoms with Crippen LogP contribution < -0.4 is 19.7 Å². The maximum Gasteiger partial charge on any atom is 0.255 e. The summed E-state index contributed by atoms with van der Waals surface area (Å²) in [6, 6.07) is 10.6. The van der Waals surface area contributed by atoms with E-state index in [2.05, 4.69) is 10.2 Å². The van der Waals surface area contributed by atoms with Crippen molar-refractivity contribution in [2.45, 2.75) is 12.8 Å². The molecule has 0 spiro atoms. The summed E-state index contributed by atoms with van der Waals surface area (Å²) in [5.41, 5.74) is 2.05. The Morgan fingerprint density at radius 3 is 2.32 bits per heavy atom. The first-order valence-corrected chi connectivity index (χ1v) is 8.58. The number of carbonyl (C=O) groups excluding carboxylic acids is 1. The third-order valence-corrected chi connectivity index (χ3v) is 4.58. The average Bonchev–Trinajstić information content (AvgIpc) is 3.15. The number of ether oxygens (including phenoxy) is 2. The minimum absolute atomic E-state index is 0.236. The molecule has 0 aromatic heterocycles. The van der Waals surface area contributed by atoms with Crippen LogP contribution in [0.4, 0.5) is 11.4 Å². The number of carbonyl (C=O) groups is 1. The van der Waals surface area contributed by atoms with Gasteiger partial charge in [-0.1, -0.05) is 17.7 Å². The van der Waals surface area contributed by atoms with Crippen molar-refractivity contribution < 1.29 is 14.3 Å². The van der Waals surface area contributed by atoms with Crippen LogP contribution >= 0.6 is 11.6 Å². The topological polar surface area (TPSA) is 50.8 Å². The first-order valence-electron chi connectivity index (χ1n) is 8.20. The first-order chi connectivity index (χ1) is 12.1. The summed E-state index contributed by atoms with van der Waals surface area (Å²) < 4.78 is 10.5. The standard InChI is InChI=1S/C19H21ClN2O3/c1-24-14-10-13(11-15(12-14)25-2)19(23)21-17-7-5-6-16(20)18(17)22-8-3-4-9-22/h5-7,10-12H,3-4,8-9H2,1-2H3,(H,21,23). The van der Waals surface area contributed by atoms with E-state index in [9.17, 15) is 4.79 Å². The van der Waals surface area contributed by atoms with Crippen LogP contribution in [0.15, 0.2) is 36.4 Å². The summed E-state index contributed by atoms with van der Waals surface area (Å²) in [5.74, 6) is 0.894. The lowest BCUT2D eigenvalue weighted by atomic mass is 10.1. The number of hydrogen-bond acceptors (Lipinski definition) is 4. The highest BCUT2D eigenvalue weighted by molar-refractivity contribution is 6.34. The van der Waals surface area contributed by atoms with E-state index in [0.717, 1.165) is 31.6 Å². The molecule has 132 valence electrons. The van der Waals surface area contributed by atoms with Crippen LogP contribution in [-0.4, -0.2) is 33.2 Å². The van der Waals surface area contributed by atoms with Gasteiger partial charge >= 0.3 is 0 Å². The number of benzene rings is 2. The normalized spacial score (nSPS) is 13.6. The van der Waals surface area contributed by atoms with E-state index in [0.29, 0.717) is 27.8 Å². The molecular weight excluding hydrogens is 340 g/mol. The van der Waals surface area contributed by atoms with E-state index >= 15 is 0 Å². The molecule has 1 aliphatic rings. The second-order valence-corrected chi connectivity index (χ2v) is 6.29. The van der Waals surface area contributed by atoms with Crippen LogP contribution in [0, 0.1) is 0 Å². The smallest absolute Gasteiger partial charge is 0.255 e. The third kappa shape index (κ3) is 3.82. The molecule has 0 aliphatic carbocycles. The summed E-state index contributed by atoms with van der Waals surface area (Å²) >= 11 is 6.40. The molecule has 0 bridgehead atoms. The fraction of sp³-hybridized carbons (Fsp3) is 0.316. The number of hydrogen-bond donors (Lipinski definition) is 1. The Balaban J connectivity index is 1.90. The van der Waals surface area contributed by atoms with Crippen molar-refractivity contribution in [3.05, 3.63) is 47.0 Å². The van der Waals surface area contributed by atoms with Gasteiger partial charge in [0.15, 0.2) is 0 Å². The van der Waals surface area contributed by atoms with Gasteiger partial charge in [0.2, 0.25) is 0 Å². The molecule has 1 heterocycles. The van der Waals surface area contributed by atoms with Crippen molar-refractivity contribution in [3.63, 3.8) is 0 Å². The Bertz CT molecular complexity index is 751. The number of methoxy groups -OCH3 is 2. The minimum atomic E-state index is -0.236. The molecule has 1 amide bonds. The van der Waals surface area contributed by atoms with E-state index in [-0.39, 0.29) is 5.91 Å². The molecule has 0 atom stereocenters. The van der Waals surface area contributed by atoms with Crippen molar-refractivity contribution in [2.24, 2.45) is 0 Å². The molecule has 0 saturated carbocycles. The van der Waals surface area contributed by atoms with Gasteiger partial charge in [0.1, 0.15) is 11.5 Å². The maximum absolute atomic E-state index is 12.7. The number of halogens is 1. The van der Waals surface area contributed by atoms with Crippen LogP contribution in [0.3, 0.4) is 0 Å². The largest absolute Gasteiger partial charge is 0.497 e. The number of amides is 1. The van der Waals surface area contributed by atoms with Gasteiger partial charge < -0.3 is 19.7 Å². The third-order valence-electron chi connectivity index (χ3n) is 4.27. The van der Waals surface area contributed by atoms with Crippen LogP contribution in [0.25, 0.3) is 0 Å². The first kappa shape index (κ1) is 17.4. The molecule has 2 aromatic carbocycles. The van der Waals surface area contributed by atoms with Crippen LogP contribution in [0.2, 0.25) is 5.02 Å². The van der Waals surface area contributed by atoms with Gasteiger partial charge in [-0.05, 0) is 37.1 Å². The molecule has 1 N–H and O–H groups in total. The van der Waals surface area contributed by atoms with Crippen LogP contribution in [0.1, 0.15) is 23.2 Å². The number of nitrogens with one attached hydrogen (secondary N) is 1. The van der Waals surface area contributed by atoms with Gasteiger partial charge in [-0.25, -0.2) is 0 Å². The predicted molar refractivity (Wildman–Crippen MR) is 100 cm³/mol. The van der Waals surface area contributed by atoms with Gasteiger partial charge in [0.05, 0.1) is 30.6 Å². The van der Waals surface area contributed by atoms with E-state index in [1.807, 2.05) is 18.2 Å². The van der Waals surface area contributed by atoms with Gasteiger partial charge in [-0.3, -0.25) is 4.79 Å². The molecule has 1 saturated heterocycles. The second-order valence-electron chi connectivity index (χ2n) is 5.89. The van der Waals surface area contributed by atoms with E-state index in [4.69, 9.17) is 21.1 Å². The molecule has 2 aromatic rings. The Morgan fingerprint density at radius 1 is 1.08 bits per heavy atom. The lowest BCUT2D eigenvalue weighted by Crippen LogP contribution is -2.21. The number of nitrogens with zero attached hydrogens (tertiary/aromatic N) is 1. The van der Waals surface area contributed by atoms with Crippen LogP contribution in [-0.2, 0) is 0 Å². The Hall–Kier alpha value is -2.40. The zero-order chi connectivity index (χ0) is 17.8. The van der Waals surface area contributed by atoms with E-state index in [1.54, 1.807) is 32.4 Å². The van der Waals surface area contributed by atoms with Gasteiger partial charge in [0, 0.05) is 24.7 Å². The zero-order valence-corrected chi connectivity index (χ0v) is 15.1. The Morgan fingerprint density at radius 2 is 1.72 bits per heavy atom. The van der Waals surface area contributed by atoms with Crippen molar-refractivity contribution in [1.29, 1.82) is 0 Å². The second kappa shape index (κ2) is 7.66. The lowest BCUT2D eigenvalue weighted by Gasteiger charge is -2.23. The van der Waals surface area contributed by atoms with E-state index < -0.39 is 0 Å². The zero-order valence-electron chi connectivity index (χ0n) is 14.3. The molecule has 3 rings (SSSR count). The summed E-state index contributed by atoms with van der Waals surface area (Å²) in [6.07, 6.45) is 2.26. The highest BCUT2D eigenvalue weighted by Gasteiger charge is 2.20. The van der Waals surface area contributed by atoms with Crippen LogP contribution in [0.5, 0.6) is 11.5 Å². The van der Waals surface area contributed by atoms with Gasteiger partial charge in [0.25, 0.3) is 5.91 Å². The quantitative estimate of drug-likeness (QED) is 0.867. The molecule has 25 heavy (non-hydrogen) atoms. The van der Waals surface area contributed by atoms with Crippen molar-refractivity contribution in [3.8, 4) is 11.5 Å². The summed E-state index contributed by atoms with van der Waals surface area (Å²) in [7, 11) is 3.11. The molecule has 1 aliphatic heterocycles. The molecule has 1 fully saturated rings. The summed E-state index contributed by atoms with van der Waals surface area (Å²) in [5, 5.41) is 3.61. The number of rotatable bonds is 5. The highest BCUT2D eigenvalue weighted by atomic mass is 35.5. The minimum Gasteiger partial charge on any atom is -0.497 e. The van der Waals surface area contributed by atoms with Crippen molar-refractivity contribution in [2.75, 3.05) is 37.5 Å². The fourth-order valence-electron chi connectivity index (χ4n) is 3.01. The lowest BCUT2D eigenvalue weighted by molar-refractivity contribution is 0.102. The van der Waals surface area contributed by atoms with Gasteiger partial charge in [-0.15, -0.1) is 0 Å². The summed E-state index contributed by atoms with van der Waals surface area (Å²) in [4.78, 5) is 15.0. The number of anilines is 2. The van der Waals surface area contributed by atoms with Crippen molar-refractivity contribution in [1.82, 2.24) is 0 Å². The highest BCUT2D eigenvalue weighted by Crippen LogP contribution is 2.36. The number of para-hydroxylation sites is 1. The Kier molecular flexibility index (Phi) is 5.34. The predicted octanol–water partition coefficient (Wildman–Crippen LogP) is 4.21. The molecule has 0 unspecified atom stereocenters. The molecular formula is C19H21ClN2O3. The summed E-state index contributed by atoms with van der Waals surface area (Å²) in [6.45, 7) is 1.89. The molecule has 5 nitrogen and oxygen atoms in total. The average molecular weight is 361 g/mol. The fourth-order valence-corrected chi connectivity index (χ4v) is 3.31.